The van der Waals surface area contributed by atoms with E-state index in [2.05, 4.69) is 14.7 Å². The molecule has 0 saturated carbocycles. The van der Waals surface area contributed by atoms with Crippen LogP contribution in [0.2, 0.25) is 10.0 Å². The molecule has 0 aliphatic rings. The van der Waals surface area contributed by atoms with Gasteiger partial charge < -0.3 is 19.2 Å². The maximum absolute atomic E-state index is 14.2. The van der Waals surface area contributed by atoms with Crippen molar-refractivity contribution in [3.05, 3.63) is 40.3 Å². The number of aromatic amines is 1. The fourth-order valence-corrected chi connectivity index (χ4v) is 3.35. The van der Waals surface area contributed by atoms with Gasteiger partial charge in [-0.3, -0.25) is 0 Å². The highest BCUT2D eigenvalue weighted by Crippen LogP contribution is 2.37. The molecule has 0 atom stereocenters. The van der Waals surface area contributed by atoms with Crippen LogP contribution in [0.1, 0.15) is 0 Å². The molecule has 0 aliphatic heterocycles. The summed E-state index contributed by atoms with van der Waals surface area (Å²) in [5.41, 5.74) is 0.648. The molecule has 0 radical (unpaired) electrons. The highest BCUT2D eigenvalue weighted by Gasteiger charge is 2.17. The Morgan fingerprint density at radius 3 is 2.81 bits per heavy atom. The first-order valence-corrected chi connectivity index (χ1v) is 9.01. The monoisotopic (exact) mass is 437 g/mol. The minimum atomic E-state index is -2.70. The van der Waals surface area contributed by atoms with E-state index in [4.69, 9.17) is 32.7 Å². The van der Waals surface area contributed by atoms with Crippen LogP contribution in [0.5, 0.6) is 11.6 Å². The second-order valence-corrected chi connectivity index (χ2v) is 6.80. The number of fused-ring (bicyclic) bond motifs is 1. The minimum Gasteiger partial charge on any atom is -0.482 e. The predicted octanol–water partition coefficient (Wildman–Crippen LogP) is 5.78. The molecule has 3 rings (SSSR count). The molecule has 0 aliphatic carbocycles. The number of benzene rings is 1. The maximum Gasteiger partial charge on any atom is 0.272 e. The van der Waals surface area contributed by atoms with Gasteiger partial charge in [0.1, 0.15) is 6.61 Å². The van der Waals surface area contributed by atoms with Gasteiger partial charge in [0.2, 0.25) is 0 Å². The highest BCUT2D eigenvalue weighted by atomic mass is 35.5. The Bertz CT molecular complexity index is 972. The van der Waals surface area contributed by atoms with Crippen molar-refractivity contribution in [3.8, 4) is 11.6 Å². The largest absolute Gasteiger partial charge is 0.482 e. The molecule has 2 heterocycles. The summed E-state index contributed by atoms with van der Waals surface area (Å²) in [6.45, 7) is -0.891. The first-order valence-electron chi connectivity index (χ1n) is 7.44. The van der Waals surface area contributed by atoms with Crippen LogP contribution >= 0.6 is 35.1 Å². The number of halogens is 5. The molecule has 2 aromatic heterocycles. The lowest BCUT2D eigenvalue weighted by Crippen LogP contribution is -2.09. The summed E-state index contributed by atoms with van der Waals surface area (Å²) < 4.78 is 51.3. The predicted molar refractivity (Wildman–Crippen MR) is 100 cm³/mol. The Balaban J connectivity index is 1.81. The van der Waals surface area contributed by atoms with Gasteiger partial charge in [-0.2, -0.15) is 4.98 Å². The van der Waals surface area contributed by atoms with Gasteiger partial charge in [-0.1, -0.05) is 29.3 Å². The smallest absolute Gasteiger partial charge is 0.272 e. The molecule has 3 aromatic rings. The van der Waals surface area contributed by atoms with E-state index in [1.54, 1.807) is 18.3 Å². The number of nitrogens with zero attached hydrogens (tertiary/aromatic N) is 1. The van der Waals surface area contributed by atoms with Crippen LogP contribution in [0.15, 0.2) is 29.3 Å². The van der Waals surface area contributed by atoms with Crippen LogP contribution in [-0.2, 0) is 0 Å². The van der Waals surface area contributed by atoms with E-state index in [0.717, 1.165) is 28.3 Å². The van der Waals surface area contributed by atoms with Gasteiger partial charge in [-0.05, 0) is 18.0 Å². The average molecular weight is 438 g/mol. The standard InChI is InChI=1S/C16H12Cl2F3N3O2S/c1-25-16-10(26-6-12(20)21)4-9(19)15(23-16)24-27-11-5-22-14-7(11)2-3-8(17)13(14)18/h2-5,12,22H,6H2,1H3,(H,23,24). The van der Waals surface area contributed by atoms with E-state index < -0.39 is 18.8 Å². The zero-order chi connectivity index (χ0) is 19.6. The lowest BCUT2D eigenvalue weighted by molar-refractivity contribution is 0.0799. The topological polar surface area (TPSA) is 59.2 Å². The minimum absolute atomic E-state index is 0.117. The maximum atomic E-state index is 14.2. The SMILES string of the molecule is COc1nc(NSc2c[nH]c3c(Cl)c(Cl)ccc23)c(F)cc1OCC(F)F. The molecule has 144 valence electrons. The van der Waals surface area contributed by atoms with Gasteiger partial charge >= 0.3 is 0 Å². The molecule has 27 heavy (non-hydrogen) atoms. The van der Waals surface area contributed by atoms with E-state index in [-0.39, 0.29) is 17.4 Å². The Hall–Kier alpha value is -1.97. The fourth-order valence-electron chi connectivity index (χ4n) is 2.23. The number of hydrogen-bond acceptors (Lipinski definition) is 5. The lowest BCUT2D eigenvalue weighted by atomic mass is 10.2. The van der Waals surface area contributed by atoms with Crippen molar-refractivity contribution in [2.24, 2.45) is 0 Å². The van der Waals surface area contributed by atoms with E-state index in [9.17, 15) is 13.2 Å². The average Bonchev–Trinajstić information content (AvgIpc) is 3.05. The van der Waals surface area contributed by atoms with Crippen molar-refractivity contribution in [2.75, 3.05) is 18.4 Å². The zero-order valence-electron chi connectivity index (χ0n) is 13.7. The Kier molecular flexibility index (Phi) is 6.13. The number of pyridine rings is 1. The van der Waals surface area contributed by atoms with Crippen LogP contribution < -0.4 is 14.2 Å². The molecule has 0 bridgehead atoms. The number of nitrogens with one attached hydrogen (secondary N) is 2. The third-order valence-corrected chi connectivity index (χ3v) is 5.09. The first kappa shape index (κ1) is 19.8. The number of hydrogen-bond donors (Lipinski definition) is 2. The Morgan fingerprint density at radius 1 is 1.33 bits per heavy atom. The quantitative estimate of drug-likeness (QED) is 0.458. The van der Waals surface area contributed by atoms with Crippen LogP contribution in [0.25, 0.3) is 10.9 Å². The summed E-state index contributed by atoms with van der Waals surface area (Å²) in [7, 11) is 1.28. The third kappa shape index (κ3) is 4.31. The van der Waals surface area contributed by atoms with Gasteiger partial charge in [0.25, 0.3) is 12.3 Å². The molecule has 0 saturated heterocycles. The number of ether oxygens (including phenoxy) is 2. The number of methoxy groups -OCH3 is 1. The summed E-state index contributed by atoms with van der Waals surface area (Å²) in [5, 5.41) is 1.58. The van der Waals surface area contributed by atoms with Gasteiger partial charge in [0.05, 0.1) is 27.6 Å². The molecule has 11 heteroatoms. The first-order chi connectivity index (χ1) is 12.9. The molecular weight excluding hydrogens is 426 g/mol. The number of H-pyrrole nitrogens is 1. The number of anilines is 1. The van der Waals surface area contributed by atoms with Crippen LogP contribution in [0.3, 0.4) is 0 Å². The molecule has 0 spiro atoms. The summed E-state index contributed by atoms with van der Waals surface area (Å²) in [6, 6.07) is 4.36. The van der Waals surface area contributed by atoms with Gasteiger partial charge in [0.15, 0.2) is 17.4 Å². The van der Waals surface area contributed by atoms with Gasteiger partial charge in [-0.25, -0.2) is 13.2 Å². The zero-order valence-corrected chi connectivity index (χ0v) is 16.0. The summed E-state index contributed by atoms with van der Waals surface area (Å²) >= 11 is 13.2. The van der Waals surface area contributed by atoms with Crippen molar-refractivity contribution >= 4 is 51.9 Å². The Morgan fingerprint density at radius 2 is 2.11 bits per heavy atom. The normalized spacial score (nSPS) is 11.2. The van der Waals surface area contributed by atoms with Crippen LogP contribution in [-0.4, -0.2) is 30.1 Å². The van der Waals surface area contributed by atoms with E-state index in [0.29, 0.717) is 15.6 Å². The lowest BCUT2D eigenvalue weighted by Gasteiger charge is -2.12. The molecule has 1 aromatic carbocycles. The van der Waals surface area contributed by atoms with Crippen LogP contribution in [0, 0.1) is 5.82 Å². The van der Waals surface area contributed by atoms with Crippen molar-refractivity contribution in [1.82, 2.24) is 9.97 Å². The van der Waals surface area contributed by atoms with Crippen molar-refractivity contribution in [3.63, 3.8) is 0 Å². The molecule has 5 nitrogen and oxygen atoms in total. The summed E-state index contributed by atoms with van der Waals surface area (Å²) in [6.07, 6.45) is -1.02. The molecule has 0 amide bonds. The molecular formula is C16H12Cl2F3N3O2S. The van der Waals surface area contributed by atoms with E-state index >= 15 is 0 Å². The highest BCUT2D eigenvalue weighted by molar-refractivity contribution is 8.00. The van der Waals surface area contributed by atoms with Crippen molar-refractivity contribution in [2.45, 2.75) is 11.3 Å². The second kappa shape index (κ2) is 8.37. The van der Waals surface area contributed by atoms with Gasteiger partial charge in [-0.15, -0.1) is 0 Å². The van der Waals surface area contributed by atoms with Gasteiger partial charge in [0, 0.05) is 17.6 Å². The van der Waals surface area contributed by atoms with E-state index in [1.807, 2.05) is 0 Å². The third-order valence-electron chi connectivity index (χ3n) is 3.43. The molecule has 0 fully saturated rings. The van der Waals surface area contributed by atoms with Crippen LogP contribution in [0.4, 0.5) is 19.0 Å². The summed E-state index contributed by atoms with van der Waals surface area (Å²) in [4.78, 5) is 7.65. The second-order valence-electron chi connectivity index (χ2n) is 5.17. The van der Waals surface area contributed by atoms with E-state index in [1.165, 1.54) is 7.11 Å². The fraction of sp³-hybridized carbons (Fsp3) is 0.188. The number of rotatable bonds is 7. The Labute approximate surface area is 166 Å². The van der Waals surface area contributed by atoms with Crippen molar-refractivity contribution in [1.29, 1.82) is 0 Å². The number of alkyl halides is 2. The molecule has 2 N–H and O–H groups in total. The number of aromatic nitrogens is 2. The molecule has 0 unspecified atom stereocenters. The van der Waals surface area contributed by atoms with Crippen molar-refractivity contribution < 1.29 is 22.6 Å². The summed E-state index contributed by atoms with van der Waals surface area (Å²) in [5.74, 6) is -1.25.